The van der Waals surface area contributed by atoms with E-state index in [9.17, 15) is 4.79 Å². The fourth-order valence-corrected chi connectivity index (χ4v) is 3.08. The lowest BCUT2D eigenvalue weighted by Gasteiger charge is -2.04. The van der Waals surface area contributed by atoms with Crippen LogP contribution in [0, 0.1) is 13.8 Å². The number of aryl methyl sites for hydroxylation is 3. The van der Waals surface area contributed by atoms with Crippen LogP contribution in [0.3, 0.4) is 0 Å². The lowest BCUT2D eigenvalue weighted by molar-refractivity contribution is 0.102. The van der Waals surface area contributed by atoms with Crippen LogP contribution in [0.2, 0.25) is 0 Å². The van der Waals surface area contributed by atoms with Crippen molar-refractivity contribution < 1.29 is 4.79 Å². The predicted molar refractivity (Wildman–Crippen MR) is 105 cm³/mol. The summed E-state index contributed by atoms with van der Waals surface area (Å²) in [6, 6.07) is 15.7. The van der Waals surface area contributed by atoms with Gasteiger partial charge in [-0.3, -0.25) is 4.79 Å². The lowest BCUT2D eigenvalue weighted by atomic mass is 10.1. The monoisotopic (exact) mass is 344 g/mol. The van der Waals surface area contributed by atoms with Crippen LogP contribution in [-0.2, 0) is 6.54 Å². The Labute approximate surface area is 151 Å². The summed E-state index contributed by atoms with van der Waals surface area (Å²) >= 11 is 0. The number of amides is 1. The van der Waals surface area contributed by atoms with E-state index in [2.05, 4.69) is 29.5 Å². The number of hydrogen-bond acceptors (Lipinski definition) is 3. The summed E-state index contributed by atoms with van der Waals surface area (Å²) in [6.07, 6.45) is 0. The number of carbonyl (C=O) groups is 1. The predicted octanol–water partition coefficient (Wildman–Crippen LogP) is 4.47. The summed E-state index contributed by atoms with van der Waals surface area (Å²) in [7, 11) is 0. The van der Waals surface area contributed by atoms with E-state index >= 15 is 0 Å². The molecule has 1 N–H and O–H groups in total. The van der Waals surface area contributed by atoms with Crippen LogP contribution in [0.15, 0.2) is 48.5 Å². The van der Waals surface area contributed by atoms with Gasteiger partial charge in [0.05, 0.1) is 10.9 Å². The fraction of sp³-hybridized carbons (Fsp3) is 0.190. The summed E-state index contributed by atoms with van der Waals surface area (Å²) < 4.78 is 1.82. The second kappa shape index (κ2) is 6.26. The number of pyridine rings is 1. The average Bonchev–Trinajstić information content (AvgIpc) is 2.97. The van der Waals surface area contributed by atoms with Crippen LogP contribution in [0.1, 0.15) is 28.4 Å². The Hall–Kier alpha value is -3.21. The Bertz CT molecular complexity index is 1130. The molecule has 2 aromatic carbocycles. The van der Waals surface area contributed by atoms with Gasteiger partial charge in [-0.25, -0.2) is 9.67 Å². The maximum absolute atomic E-state index is 12.6. The molecular weight excluding hydrogens is 324 g/mol. The number of nitrogens with zero attached hydrogens (tertiary/aromatic N) is 3. The molecule has 0 unspecified atom stereocenters. The highest BCUT2D eigenvalue weighted by Crippen LogP contribution is 2.27. The van der Waals surface area contributed by atoms with Gasteiger partial charge in [0.1, 0.15) is 0 Å². The molecule has 0 radical (unpaired) electrons. The molecule has 0 aliphatic carbocycles. The van der Waals surface area contributed by atoms with Gasteiger partial charge in [0.25, 0.3) is 5.91 Å². The highest BCUT2D eigenvalue weighted by atomic mass is 16.1. The van der Waals surface area contributed by atoms with Crippen molar-refractivity contribution in [3.63, 3.8) is 0 Å². The molecule has 130 valence electrons. The molecule has 0 fully saturated rings. The molecule has 0 saturated carbocycles. The molecule has 5 heteroatoms. The van der Waals surface area contributed by atoms with Gasteiger partial charge in [-0.15, -0.1) is 0 Å². The summed E-state index contributed by atoms with van der Waals surface area (Å²) in [6.45, 7) is 6.75. The Balaban J connectivity index is 1.81. The number of benzene rings is 2. The second-order valence-electron chi connectivity index (χ2n) is 6.54. The van der Waals surface area contributed by atoms with E-state index in [-0.39, 0.29) is 5.91 Å². The average molecular weight is 344 g/mol. The molecule has 0 aliphatic rings. The fourth-order valence-electron chi connectivity index (χ4n) is 3.08. The normalized spacial score (nSPS) is 11.2. The van der Waals surface area contributed by atoms with E-state index < -0.39 is 0 Å². The SMILES string of the molecule is CCn1nc(NC(=O)c2ccc(C)cc2)c2cc3cc(C)ccc3nc21. The van der Waals surface area contributed by atoms with Crippen molar-refractivity contribution in [3.05, 3.63) is 65.2 Å². The van der Waals surface area contributed by atoms with Crippen molar-refractivity contribution in [2.45, 2.75) is 27.3 Å². The van der Waals surface area contributed by atoms with Crippen LogP contribution < -0.4 is 5.32 Å². The summed E-state index contributed by atoms with van der Waals surface area (Å²) in [5.74, 6) is 0.375. The zero-order chi connectivity index (χ0) is 18.3. The molecule has 0 aliphatic heterocycles. The molecule has 2 heterocycles. The maximum Gasteiger partial charge on any atom is 0.256 e. The second-order valence-corrected chi connectivity index (χ2v) is 6.54. The Morgan fingerprint density at radius 1 is 1.04 bits per heavy atom. The molecule has 5 nitrogen and oxygen atoms in total. The molecule has 1 amide bonds. The van der Waals surface area contributed by atoms with E-state index in [0.717, 1.165) is 27.5 Å². The van der Waals surface area contributed by atoms with Crippen molar-refractivity contribution in [1.82, 2.24) is 14.8 Å². The highest BCUT2D eigenvalue weighted by molar-refractivity contribution is 6.08. The first-order valence-corrected chi connectivity index (χ1v) is 8.71. The summed E-state index contributed by atoms with van der Waals surface area (Å²) in [4.78, 5) is 17.4. The van der Waals surface area contributed by atoms with Gasteiger partial charge in [-0.2, -0.15) is 5.10 Å². The van der Waals surface area contributed by atoms with Crippen molar-refractivity contribution in [2.75, 3.05) is 5.32 Å². The third-order valence-corrected chi connectivity index (χ3v) is 4.52. The van der Waals surface area contributed by atoms with E-state index in [0.29, 0.717) is 17.9 Å². The van der Waals surface area contributed by atoms with Gasteiger partial charge in [0.15, 0.2) is 11.5 Å². The third-order valence-electron chi connectivity index (χ3n) is 4.52. The van der Waals surface area contributed by atoms with Crippen LogP contribution >= 0.6 is 0 Å². The quantitative estimate of drug-likeness (QED) is 0.596. The molecule has 0 atom stereocenters. The van der Waals surface area contributed by atoms with Gasteiger partial charge in [0, 0.05) is 17.5 Å². The molecule has 4 aromatic rings. The molecule has 0 saturated heterocycles. The number of hydrogen-bond donors (Lipinski definition) is 1. The standard InChI is InChI=1S/C21H20N4O/c1-4-25-20-17(12-16-11-14(3)7-10-18(16)22-20)19(24-25)23-21(26)15-8-5-13(2)6-9-15/h5-12H,4H2,1-3H3,(H,23,24,26). The van der Waals surface area contributed by atoms with Crippen LogP contribution in [0.4, 0.5) is 5.82 Å². The number of nitrogens with one attached hydrogen (secondary N) is 1. The lowest BCUT2D eigenvalue weighted by Crippen LogP contribution is -2.12. The summed E-state index contributed by atoms with van der Waals surface area (Å²) in [5, 5.41) is 9.40. The first-order valence-electron chi connectivity index (χ1n) is 8.71. The van der Waals surface area contributed by atoms with Gasteiger partial charge < -0.3 is 5.32 Å². The van der Waals surface area contributed by atoms with E-state index in [1.807, 2.05) is 54.9 Å². The molecule has 26 heavy (non-hydrogen) atoms. The Kier molecular flexibility index (Phi) is 3.92. The number of aromatic nitrogens is 3. The maximum atomic E-state index is 12.6. The first kappa shape index (κ1) is 16.3. The van der Waals surface area contributed by atoms with Gasteiger partial charge in [-0.1, -0.05) is 29.3 Å². The van der Waals surface area contributed by atoms with Gasteiger partial charge in [-0.05, 0) is 51.1 Å². The summed E-state index contributed by atoms with van der Waals surface area (Å²) in [5.41, 5.74) is 4.61. The zero-order valence-corrected chi connectivity index (χ0v) is 15.1. The van der Waals surface area contributed by atoms with Gasteiger partial charge >= 0.3 is 0 Å². The van der Waals surface area contributed by atoms with E-state index in [1.165, 1.54) is 5.56 Å². The van der Waals surface area contributed by atoms with Crippen molar-refractivity contribution in [1.29, 1.82) is 0 Å². The number of fused-ring (bicyclic) bond motifs is 2. The topological polar surface area (TPSA) is 59.8 Å². The Morgan fingerprint density at radius 2 is 1.77 bits per heavy atom. The number of rotatable bonds is 3. The number of carbonyl (C=O) groups excluding carboxylic acids is 1. The molecule has 0 bridgehead atoms. The highest BCUT2D eigenvalue weighted by Gasteiger charge is 2.15. The molecule has 0 spiro atoms. The minimum atomic E-state index is -0.169. The van der Waals surface area contributed by atoms with Crippen molar-refractivity contribution in [3.8, 4) is 0 Å². The Morgan fingerprint density at radius 3 is 2.50 bits per heavy atom. The smallest absolute Gasteiger partial charge is 0.256 e. The van der Waals surface area contributed by atoms with Gasteiger partial charge in [0.2, 0.25) is 0 Å². The van der Waals surface area contributed by atoms with E-state index in [1.54, 1.807) is 0 Å². The first-order chi connectivity index (χ1) is 12.5. The minimum Gasteiger partial charge on any atom is -0.305 e. The zero-order valence-electron chi connectivity index (χ0n) is 15.1. The molecule has 4 rings (SSSR count). The van der Waals surface area contributed by atoms with Crippen molar-refractivity contribution in [2.24, 2.45) is 0 Å². The van der Waals surface area contributed by atoms with Crippen LogP contribution in [-0.4, -0.2) is 20.7 Å². The van der Waals surface area contributed by atoms with Crippen LogP contribution in [0.5, 0.6) is 0 Å². The van der Waals surface area contributed by atoms with Crippen LogP contribution in [0.25, 0.3) is 21.9 Å². The molecular formula is C21H20N4O. The largest absolute Gasteiger partial charge is 0.305 e. The van der Waals surface area contributed by atoms with Crippen molar-refractivity contribution >= 4 is 33.7 Å². The molecule has 2 aromatic heterocycles. The third kappa shape index (κ3) is 2.81. The number of anilines is 1. The van der Waals surface area contributed by atoms with E-state index in [4.69, 9.17) is 4.98 Å². The minimum absolute atomic E-state index is 0.169.